The predicted octanol–water partition coefficient (Wildman–Crippen LogP) is 3.87. The van der Waals surface area contributed by atoms with Crippen LogP contribution in [0.4, 0.5) is 0 Å². The summed E-state index contributed by atoms with van der Waals surface area (Å²) in [5, 5.41) is 0. The minimum absolute atomic E-state index is 0.859. The van der Waals surface area contributed by atoms with Gasteiger partial charge in [-0.25, -0.2) is 0 Å². The first-order chi connectivity index (χ1) is 5.77. The zero-order valence-electron chi connectivity index (χ0n) is 8.14. The van der Waals surface area contributed by atoms with Gasteiger partial charge in [-0.15, -0.1) is 0 Å². The summed E-state index contributed by atoms with van der Waals surface area (Å²) in [5.74, 6) is 0.859. The second kappa shape index (κ2) is 4.30. The smallest absolute Gasteiger partial charge is 0.0253 e. The summed E-state index contributed by atoms with van der Waals surface area (Å²) < 4.78 is 0. The molecule has 12 heavy (non-hydrogen) atoms. The molecule has 1 aliphatic carbocycles. The third-order valence-electron chi connectivity index (χ3n) is 2.55. The molecule has 0 heterocycles. The monoisotopic (exact) mass is 162 g/mol. The van der Waals surface area contributed by atoms with Gasteiger partial charge in [-0.3, -0.25) is 0 Å². The zero-order valence-corrected chi connectivity index (χ0v) is 8.14. The van der Waals surface area contributed by atoms with E-state index in [1.165, 1.54) is 30.4 Å². The number of hydrogen-bond acceptors (Lipinski definition) is 0. The zero-order chi connectivity index (χ0) is 8.97. The van der Waals surface area contributed by atoms with Crippen molar-refractivity contribution in [3.8, 4) is 0 Å². The first-order valence-electron chi connectivity index (χ1n) is 4.75. The molecule has 0 spiro atoms. The van der Waals surface area contributed by atoms with Crippen LogP contribution in [0.1, 0.15) is 33.1 Å². The van der Waals surface area contributed by atoms with Gasteiger partial charge in [0.25, 0.3) is 0 Å². The van der Waals surface area contributed by atoms with Crippen molar-refractivity contribution < 1.29 is 0 Å². The van der Waals surface area contributed by atoms with Crippen molar-refractivity contribution in [2.45, 2.75) is 33.1 Å². The summed E-state index contributed by atoms with van der Waals surface area (Å²) in [6.07, 6.45) is 10.1. The predicted molar refractivity (Wildman–Crippen MR) is 55.1 cm³/mol. The van der Waals surface area contributed by atoms with Crippen LogP contribution in [0.25, 0.3) is 0 Å². The molecule has 0 N–H and O–H groups in total. The van der Waals surface area contributed by atoms with Gasteiger partial charge in [0.2, 0.25) is 0 Å². The van der Waals surface area contributed by atoms with Crippen LogP contribution in [0, 0.1) is 5.92 Å². The Balaban J connectivity index is 2.76. The molecular formula is C12H18. The Morgan fingerprint density at radius 1 is 1.42 bits per heavy atom. The molecule has 0 aromatic carbocycles. The molecule has 1 saturated carbocycles. The fourth-order valence-corrected chi connectivity index (χ4v) is 1.81. The molecule has 0 aliphatic heterocycles. The fourth-order valence-electron chi connectivity index (χ4n) is 1.81. The molecular weight excluding hydrogens is 144 g/mol. The SMILES string of the molecule is C=C/C=C1/CCC(C)C/C1=C/C. The van der Waals surface area contributed by atoms with E-state index >= 15 is 0 Å². The first-order valence-corrected chi connectivity index (χ1v) is 4.75. The molecule has 1 rings (SSSR count). The maximum atomic E-state index is 3.74. The van der Waals surface area contributed by atoms with Crippen LogP contribution in [0.2, 0.25) is 0 Å². The van der Waals surface area contributed by atoms with Crippen LogP contribution in [0.15, 0.2) is 36.0 Å². The third kappa shape index (κ3) is 2.10. The summed E-state index contributed by atoms with van der Waals surface area (Å²) in [5.41, 5.74) is 3.01. The normalized spacial score (nSPS) is 31.0. The molecule has 0 bridgehead atoms. The van der Waals surface area contributed by atoms with Crippen LogP contribution in [0.3, 0.4) is 0 Å². The molecule has 0 heteroatoms. The van der Waals surface area contributed by atoms with Gasteiger partial charge in [-0.05, 0) is 43.3 Å². The van der Waals surface area contributed by atoms with E-state index in [-0.39, 0.29) is 0 Å². The highest BCUT2D eigenvalue weighted by molar-refractivity contribution is 5.35. The van der Waals surface area contributed by atoms with E-state index in [1.54, 1.807) is 0 Å². The van der Waals surface area contributed by atoms with Crippen LogP contribution in [0.5, 0.6) is 0 Å². The summed E-state index contributed by atoms with van der Waals surface area (Å²) >= 11 is 0. The van der Waals surface area contributed by atoms with Crippen molar-refractivity contribution >= 4 is 0 Å². The highest BCUT2D eigenvalue weighted by atomic mass is 14.2. The van der Waals surface area contributed by atoms with Crippen LogP contribution >= 0.6 is 0 Å². The van der Waals surface area contributed by atoms with Crippen molar-refractivity contribution in [1.82, 2.24) is 0 Å². The van der Waals surface area contributed by atoms with E-state index in [9.17, 15) is 0 Å². The lowest BCUT2D eigenvalue weighted by Gasteiger charge is -2.23. The van der Waals surface area contributed by atoms with E-state index in [4.69, 9.17) is 0 Å². The fraction of sp³-hybridized carbons (Fsp3) is 0.500. The second-order valence-corrected chi connectivity index (χ2v) is 3.59. The molecule has 0 nitrogen and oxygen atoms in total. The Kier molecular flexibility index (Phi) is 3.33. The van der Waals surface area contributed by atoms with Gasteiger partial charge in [-0.1, -0.05) is 31.7 Å². The Morgan fingerprint density at radius 2 is 2.17 bits per heavy atom. The lowest BCUT2D eigenvalue weighted by molar-refractivity contribution is 0.497. The molecule has 1 aliphatic rings. The molecule has 66 valence electrons. The topological polar surface area (TPSA) is 0 Å². The third-order valence-corrected chi connectivity index (χ3v) is 2.55. The van der Waals surface area contributed by atoms with Crippen molar-refractivity contribution in [2.75, 3.05) is 0 Å². The van der Waals surface area contributed by atoms with Crippen LogP contribution in [-0.2, 0) is 0 Å². The Labute approximate surface area is 75.7 Å². The maximum absolute atomic E-state index is 3.74. The maximum Gasteiger partial charge on any atom is -0.0253 e. The summed E-state index contributed by atoms with van der Waals surface area (Å²) in [7, 11) is 0. The molecule has 0 saturated heterocycles. The molecule has 0 aromatic rings. The molecule has 1 unspecified atom stereocenters. The van der Waals surface area contributed by atoms with Gasteiger partial charge in [0.15, 0.2) is 0 Å². The largest absolute Gasteiger partial charge is 0.0991 e. The lowest BCUT2D eigenvalue weighted by Crippen LogP contribution is -2.07. The van der Waals surface area contributed by atoms with Gasteiger partial charge in [0, 0.05) is 0 Å². The van der Waals surface area contributed by atoms with E-state index in [0.29, 0.717) is 0 Å². The number of allylic oxidation sites excluding steroid dienone is 5. The first kappa shape index (κ1) is 9.31. The van der Waals surface area contributed by atoms with Gasteiger partial charge >= 0.3 is 0 Å². The van der Waals surface area contributed by atoms with Gasteiger partial charge in [0.1, 0.15) is 0 Å². The Bertz CT molecular complexity index is 218. The van der Waals surface area contributed by atoms with Gasteiger partial charge in [-0.2, -0.15) is 0 Å². The van der Waals surface area contributed by atoms with Gasteiger partial charge in [0.05, 0.1) is 0 Å². The molecule has 0 amide bonds. The van der Waals surface area contributed by atoms with Crippen molar-refractivity contribution in [3.63, 3.8) is 0 Å². The molecule has 1 fully saturated rings. The van der Waals surface area contributed by atoms with Crippen molar-refractivity contribution in [1.29, 1.82) is 0 Å². The minimum Gasteiger partial charge on any atom is -0.0991 e. The van der Waals surface area contributed by atoms with E-state index in [1.807, 2.05) is 6.08 Å². The Hall–Kier alpha value is -0.780. The summed E-state index contributed by atoms with van der Waals surface area (Å²) in [6, 6.07) is 0. The van der Waals surface area contributed by atoms with E-state index < -0.39 is 0 Å². The van der Waals surface area contributed by atoms with Crippen molar-refractivity contribution in [2.24, 2.45) is 5.92 Å². The number of rotatable bonds is 1. The lowest BCUT2D eigenvalue weighted by atomic mass is 9.83. The summed E-state index contributed by atoms with van der Waals surface area (Å²) in [6.45, 7) is 8.20. The van der Waals surface area contributed by atoms with Crippen LogP contribution < -0.4 is 0 Å². The standard InChI is InChI=1S/C12H18/c1-4-6-12-8-7-10(3)9-11(12)5-2/h4-6,10H,1,7-9H2,2-3H3/b11-5-,12-6-. The summed E-state index contributed by atoms with van der Waals surface area (Å²) in [4.78, 5) is 0. The number of hydrogen-bond donors (Lipinski definition) is 0. The molecule has 1 atom stereocenters. The van der Waals surface area contributed by atoms with Crippen molar-refractivity contribution in [3.05, 3.63) is 36.0 Å². The second-order valence-electron chi connectivity index (χ2n) is 3.59. The quantitative estimate of drug-likeness (QED) is 0.549. The van der Waals surface area contributed by atoms with E-state index in [0.717, 1.165) is 5.92 Å². The van der Waals surface area contributed by atoms with Gasteiger partial charge < -0.3 is 0 Å². The highest BCUT2D eigenvalue weighted by Gasteiger charge is 2.15. The molecule has 0 aromatic heterocycles. The molecule has 0 radical (unpaired) electrons. The van der Waals surface area contributed by atoms with E-state index in [2.05, 4.69) is 32.6 Å². The van der Waals surface area contributed by atoms with Crippen LogP contribution in [-0.4, -0.2) is 0 Å². The highest BCUT2D eigenvalue weighted by Crippen LogP contribution is 2.32. The Morgan fingerprint density at radius 3 is 2.75 bits per heavy atom. The average molecular weight is 162 g/mol. The minimum atomic E-state index is 0.859. The average Bonchev–Trinajstić information content (AvgIpc) is 2.08.